The number of aryl methyl sites for hydroxylation is 1. The predicted octanol–water partition coefficient (Wildman–Crippen LogP) is 2.87. The van der Waals surface area contributed by atoms with Crippen molar-refractivity contribution in [2.45, 2.75) is 46.1 Å². The van der Waals surface area contributed by atoms with Crippen molar-refractivity contribution in [1.29, 1.82) is 0 Å². The fourth-order valence-electron chi connectivity index (χ4n) is 2.19. The number of rotatable bonds is 8. The highest BCUT2D eigenvalue weighted by Gasteiger charge is 2.14. The molecule has 22 heavy (non-hydrogen) atoms. The van der Waals surface area contributed by atoms with Gasteiger partial charge < -0.3 is 11.1 Å². The van der Waals surface area contributed by atoms with Crippen LogP contribution >= 0.6 is 12.4 Å². The van der Waals surface area contributed by atoms with Gasteiger partial charge in [-0.05, 0) is 19.3 Å². The van der Waals surface area contributed by atoms with Crippen molar-refractivity contribution >= 4 is 24.1 Å². The topological polar surface area (TPSA) is 72.2 Å². The summed E-state index contributed by atoms with van der Waals surface area (Å²) in [5.41, 5.74) is 7.42. The summed E-state index contributed by atoms with van der Waals surface area (Å²) < 4.78 is 0. The molecule has 1 aromatic carbocycles. The first-order valence-electron chi connectivity index (χ1n) is 7.51. The van der Waals surface area contributed by atoms with E-state index in [2.05, 4.69) is 19.2 Å². The highest BCUT2D eigenvalue weighted by molar-refractivity contribution is 5.97. The van der Waals surface area contributed by atoms with Crippen molar-refractivity contribution in [3.8, 4) is 0 Å². The van der Waals surface area contributed by atoms with E-state index in [9.17, 15) is 9.59 Å². The van der Waals surface area contributed by atoms with Gasteiger partial charge in [-0.3, -0.25) is 9.59 Å². The van der Waals surface area contributed by atoms with Crippen LogP contribution in [0.15, 0.2) is 24.3 Å². The number of hydrogen-bond donors (Lipinski definition) is 2. The van der Waals surface area contributed by atoms with Gasteiger partial charge in [0.05, 0.1) is 0 Å². The van der Waals surface area contributed by atoms with Crippen molar-refractivity contribution in [2.24, 2.45) is 11.7 Å². The van der Waals surface area contributed by atoms with Gasteiger partial charge in [-0.15, -0.1) is 12.4 Å². The molecule has 0 radical (unpaired) electrons. The van der Waals surface area contributed by atoms with E-state index in [-0.39, 0.29) is 43.0 Å². The smallest absolute Gasteiger partial charge is 0.220 e. The standard InChI is InChI=1S/C17H26N2O2.ClH/c1-12(2)10-15(11-18)19-17(21)9-8-16(20)14-6-4-13(3)5-7-14;/h4-7,12,15H,8-11,18H2,1-3H3,(H,19,21);1H. The number of carbonyl (C=O) groups excluding carboxylic acids is 2. The van der Waals surface area contributed by atoms with Gasteiger partial charge in [0.15, 0.2) is 5.78 Å². The molecule has 0 aliphatic rings. The van der Waals surface area contributed by atoms with E-state index in [4.69, 9.17) is 5.73 Å². The number of nitrogens with two attached hydrogens (primary N) is 1. The van der Waals surface area contributed by atoms with Crippen molar-refractivity contribution in [3.63, 3.8) is 0 Å². The van der Waals surface area contributed by atoms with Crippen LogP contribution in [-0.2, 0) is 4.79 Å². The minimum atomic E-state index is -0.105. The maximum atomic E-state index is 12.0. The molecule has 0 saturated carbocycles. The molecule has 4 nitrogen and oxygen atoms in total. The summed E-state index contributed by atoms with van der Waals surface area (Å²) >= 11 is 0. The maximum absolute atomic E-state index is 12.0. The molecule has 1 rings (SSSR count). The zero-order chi connectivity index (χ0) is 15.8. The van der Waals surface area contributed by atoms with Crippen molar-refractivity contribution in [1.82, 2.24) is 5.32 Å². The Bertz CT molecular complexity index is 472. The fraction of sp³-hybridized carbons (Fsp3) is 0.529. The third-order valence-corrected chi connectivity index (χ3v) is 3.36. The van der Waals surface area contributed by atoms with E-state index in [1.807, 2.05) is 19.1 Å². The lowest BCUT2D eigenvalue weighted by Gasteiger charge is -2.18. The molecule has 0 spiro atoms. The molecule has 0 aliphatic heterocycles. The molecule has 1 atom stereocenters. The molecular formula is C17H27ClN2O2. The lowest BCUT2D eigenvalue weighted by molar-refractivity contribution is -0.121. The average Bonchev–Trinajstić information content (AvgIpc) is 2.44. The number of amides is 1. The van der Waals surface area contributed by atoms with Gasteiger partial charge >= 0.3 is 0 Å². The number of Topliss-reactive ketones (excluding diaryl/α,β-unsaturated/α-hetero) is 1. The van der Waals surface area contributed by atoms with Crippen LogP contribution in [0.2, 0.25) is 0 Å². The largest absolute Gasteiger partial charge is 0.352 e. The molecule has 0 fully saturated rings. The van der Waals surface area contributed by atoms with Crippen molar-refractivity contribution < 1.29 is 9.59 Å². The van der Waals surface area contributed by atoms with E-state index in [1.54, 1.807) is 12.1 Å². The van der Waals surface area contributed by atoms with E-state index in [0.29, 0.717) is 18.0 Å². The van der Waals surface area contributed by atoms with Crippen LogP contribution < -0.4 is 11.1 Å². The van der Waals surface area contributed by atoms with Crippen LogP contribution in [-0.4, -0.2) is 24.3 Å². The first-order valence-corrected chi connectivity index (χ1v) is 7.51. The summed E-state index contributed by atoms with van der Waals surface area (Å²) in [6.45, 7) is 6.59. The van der Waals surface area contributed by atoms with Crippen LogP contribution in [0.5, 0.6) is 0 Å². The van der Waals surface area contributed by atoms with Gasteiger partial charge in [-0.2, -0.15) is 0 Å². The van der Waals surface area contributed by atoms with Gasteiger partial charge in [0.25, 0.3) is 0 Å². The summed E-state index contributed by atoms with van der Waals surface area (Å²) in [5.74, 6) is 0.373. The molecule has 1 unspecified atom stereocenters. The van der Waals surface area contributed by atoms with Crippen molar-refractivity contribution in [2.75, 3.05) is 6.54 Å². The first kappa shape index (κ1) is 20.6. The monoisotopic (exact) mass is 326 g/mol. The number of halogens is 1. The molecule has 0 aliphatic carbocycles. The molecule has 1 amide bonds. The van der Waals surface area contributed by atoms with Gasteiger partial charge in [-0.25, -0.2) is 0 Å². The molecule has 0 heterocycles. The fourth-order valence-corrected chi connectivity index (χ4v) is 2.19. The lowest BCUT2D eigenvalue weighted by atomic mass is 10.0. The second-order valence-electron chi connectivity index (χ2n) is 5.92. The molecule has 5 heteroatoms. The minimum absolute atomic E-state index is 0. The normalized spacial score (nSPS) is 11.7. The zero-order valence-corrected chi connectivity index (χ0v) is 14.4. The first-order chi connectivity index (χ1) is 9.92. The molecular weight excluding hydrogens is 300 g/mol. The van der Waals surface area contributed by atoms with E-state index in [0.717, 1.165) is 12.0 Å². The number of nitrogens with one attached hydrogen (secondary N) is 1. The van der Waals surface area contributed by atoms with E-state index in [1.165, 1.54) is 0 Å². The Kier molecular flexibility index (Phi) is 9.70. The van der Waals surface area contributed by atoms with Crippen LogP contribution in [0.25, 0.3) is 0 Å². The number of benzene rings is 1. The highest BCUT2D eigenvalue weighted by Crippen LogP contribution is 2.08. The lowest BCUT2D eigenvalue weighted by Crippen LogP contribution is -2.41. The van der Waals surface area contributed by atoms with Gasteiger partial charge in [0.2, 0.25) is 5.91 Å². The Labute approximate surface area is 139 Å². The number of hydrogen-bond acceptors (Lipinski definition) is 3. The molecule has 0 aromatic heterocycles. The summed E-state index contributed by atoms with van der Waals surface area (Å²) in [7, 11) is 0. The quantitative estimate of drug-likeness (QED) is 0.721. The second kappa shape index (κ2) is 10.4. The Morgan fingerprint density at radius 3 is 2.23 bits per heavy atom. The van der Waals surface area contributed by atoms with Crippen LogP contribution in [0.4, 0.5) is 0 Å². The molecule has 0 saturated heterocycles. The molecule has 124 valence electrons. The van der Waals surface area contributed by atoms with Gasteiger partial charge in [0, 0.05) is 31.0 Å². The summed E-state index contributed by atoms with van der Waals surface area (Å²) in [6.07, 6.45) is 1.29. The molecule has 1 aromatic rings. The Balaban J connectivity index is 0.00000441. The van der Waals surface area contributed by atoms with Crippen LogP contribution in [0, 0.1) is 12.8 Å². The van der Waals surface area contributed by atoms with Gasteiger partial charge in [-0.1, -0.05) is 43.7 Å². The van der Waals surface area contributed by atoms with Crippen molar-refractivity contribution in [3.05, 3.63) is 35.4 Å². The maximum Gasteiger partial charge on any atom is 0.220 e. The average molecular weight is 327 g/mol. The SMILES string of the molecule is Cc1ccc(C(=O)CCC(=O)NC(CN)CC(C)C)cc1.Cl. The number of carbonyl (C=O) groups is 2. The van der Waals surface area contributed by atoms with E-state index < -0.39 is 0 Å². The predicted molar refractivity (Wildman–Crippen MR) is 92.4 cm³/mol. The minimum Gasteiger partial charge on any atom is -0.352 e. The zero-order valence-electron chi connectivity index (χ0n) is 13.6. The Hall–Kier alpha value is -1.39. The number of ketones is 1. The summed E-state index contributed by atoms with van der Waals surface area (Å²) in [4.78, 5) is 23.9. The highest BCUT2D eigenvalue weighted by atomic mass is 35.5. The van der Waals surface area contributed by atoms with Crippen LogP contribution in [0.1, 0.15) is 49.0 Å². The second-order valence-corrected chi connectivity index (χ2v) is 5.92. The van der Waals surface area contributed by atoms with E-state index >= 15 is 0 Å². The third-order valence-electron chi connectivity index (χ3n) is 3.36. The summed E-state index contributed by atoms with van der Waals surface area (Å²) in [6, 6.07) is 7.40. The van der Waals surface area contributed by atoms with Crippen LogP contribution in [0.3, 0.4) is 0 Å². The molecule has 3 N–H and O–H groups in total. The Morgan fingerprint density at radius 2 is 1.73 bits per heavy atom. The van der Waals surface area contributed by atoms with Gasteiger partial charge in [0.1, 0.15) is 0 Å². The molecule has 0 bridgehead atoms. The Morgan fingerprint density at radius 1 is 1.14 bits per heavy atom. The summed E-state index contributed by atoms with van der Waals surface area (Å²) in [5, 5.41) is 2.90. The third kappa shape index (κ3) is 7.57.